The number of rotatable bonds is 1. The van der Waals surface area contributed by atoms with Crippen LogP contribution in [0.15, 0.2) is 35.7 Å². The van der Waals surface area contributed by atoms with Crippen molar-refractivity contribution in [1.82, 2.24) is 0 Å². The van der Waals surface area contributed by atoms with Gasteiger partial charge in [-0.25, -0.2) is 0 Å². The first-order valence-electron chi connectivity index (χ1n) is 3.86. The fraction of sp³-hybridized carbons (Fsp3) is 0. The molecule has 1 aromatic carbocycles. The van der Waals surface area contributed by atoms with E-state index in [0.717, 1.165) is 16.0 Å². The first kappa shape index (κ1) is 8.03. The summed E-state index contributed by atoms with van der Waals surface area (Å²) in [6.07, 6.45) is 0. The van der Waals surface area contributed by atoms with E-state index < -0.39 is 0 Å². The van der Waals surface area contributed by atoms with Crippen LogP contribution in [0.25, 0.3) is 11.1 Å². The fourth-order valence-corrected chi connectivity index (χ4v) is 1.89. The predicted octanol–water partition coefficient (Wildman–Crippen LogP) is 3.09. The van der Waals surface area contributed by atoms with Gasteiger partial charge in [-0.15, -0.1) is 11.3 Å². The number of nitriles is 1. The normalized spacial score (nSPS) is 9.46. The molecular formula is C11H6NS. The Kier molecular flexibility index (Phi) is 2.11. The molecule has 0 aliphatic rings. The molecule has 0 N–H and O–H groups in total. The zero-order chi connectivity index (χ0) is 9.10. The summed E-state index contributed by atoms with van der Waals surface area (Å²) in [4.78, 5) is 0.764. The fourth-order valence-electron chi connectivity index (χ4n) is 1.18. The molecule has 0 saturated heterocycles. The van der Waals surface area contributed by atoms with Crippen molar-refractivity contribution in [3.8, 4) is 17.2 Å². The van der Waals surface area contributed by atoms with E-state index in [2.05, 4.69) is 12.1 Å². The molecule has 1 radical (unpaired) electrons. The van der Waals surface area contributed by atoms with Gasteiger partial charge >= 0.3 is 0 Å². The van der Waals surface area contributed by atoms with Crippen LogP contribution in [0.3, 0.4) is 0 Å². The van der Waals surface area contributed by atoms with Crippen LogP contribution in [0.4, 0.5) is 0 Å². The van der Waals surface area contributed by atoms with Crippen molar-refractivity contribution in [1.29, 1.82) is 5.26 Å². The molecule has 1 heterocycles. The maximum Gasteiger partial charge on any atom is 0.112 e. The standard InChI is InChI=1S/C11H6NS/c12-8-11-10(6-7-13-11)9-4-2-1-3-5-9/h1-2,4-7H. The maximum absolute atomic E-state index is 8.82. The van der Waals surface area contributed by atoms with E-state index >= 15 is 0 Å². The van der Waals surface area contributed by atoms with E-state index in [4.69, 9.17) is 5.26 Å². The Hall–Kier alpha value is -1.59. The Morgan fingerprint density at radius 2 is 2.31 bits per heavy atom. The lowest BCUT2D eigenvalue weighted by molar-refractivity contribution is 1.52. The number of hydrogen-bond donors (Lipinski definition) is 0. The molecule has 0 saturated carbocycles. The van der Waals surface area contributed by atoms with E-state index in [1.807, 2.05) is 35.7 Å². The van der Waals surface area contributed by atoms with Gasteiger partial charge in [-0.05, 0) is 29.1 Å². The molecule has 0 aliphatic carbocycles. The molecule has 0 unspecified atom stereocenters. The molecule has 2 aromatic rings. The van der Waals surface area contributed by atoms with Crippen LogP contribution in [0.2, 0.25) is 0 Å². The molecule has 0 atom stereocenters. The summed E-state index contributed by atoms with van der Waals surface area (Å²) in [5.41, 5.74) is 2.06. The molecule has 61 valence electrons. The summed E-state index contributed by atoms with van der Waals surface area (Å²) in [7, 11) is 0. The Morgan fingerprint density at radius 1 is 1.38 bits per heavy atom. The minimum atomic E-state index is 0.764. The first-order valence-corrected chi connectivity index (χ1v) is 4.74. The minimum Gasteiger partial charge on any atom is -0.192 e. The number of thiophene rings is 1. The number of benzene rings is 1. The van der Waals surface area contributed by atoms with Crippen molar-refractivity contribution in [2.24, 2.45) is 0 Å². The second-order valence-corrected chi connectivity index (χ2v) is 3.48. The van der Waals surface area contributed by atoms with Crippen LogP contribution in [0.5, 0.6) is 0 Å². The molecule has 0 fully saturated rings. The lowest BCUT2D eigenvalue weighted by atomic mass is 10.1. The quantitative estimate of drug-likeness (QED) is 0.668. The molecule has 0 bridgehead atoms. The average molecular weight is 184 g/mol. The van der Waals surface area contributed by atoms with E-state index in [-0.39, 0.29) is 0 Å². The third kappa shape index (κ3) is 1.47. The summed E-state index contributed by atoms with van der Waals surface area (Å²) >= 11 is 1.47. The SMILES string of the molecule is N#Cc1sccc1-c1c[c]ccc1. The molecule has 2 rings (SSSR count). The van der Waals surface area contributed by atoms with E-state index in [1.54, 1.807) is 0 Å². The van der Waals surface area contributed by atoms with Crippen LogP contribution in [0, 0.1) is 17.4 Å². The summed E-state index contributed by atoms with van der Waals surface area (Å²) in [6, 6.07) is 14.8. The van der Waals surface area contributed by atoms with Gasteiger partial charge in [0.1, 0.15) is 10.9 Å². The van der Waals surface area contributed by atoms with Gasteiger partial charge in [-0.1, -0.05) is 18.2 Å². The van der Waals surface area contributed by atoms with Crippen molar-refractivity contribution in [2.45, 2.75) is 0 Å². The maximum atomic E-state index is 8.82. The van der Waals surface area contributed by atoms with Crippen LogP contribution < -0.4 is 0 Å². The van der Waals surface area contributed by atoms with Crippen LogP contribution in [-0.4, -0.2) is 0 Å². The number of nitrogens with zero attached hydrogens (tertiary/aromatic N) is 1. The second kappa shape index (κ2) is 3.42. The Labute approximate surface area is 80.9 Å². The van der Waals surface area contributed by atoms with Gasteiger partial charge in [0.2, 0.25) is 0 Å². The van der Waals surface area contributed by atoms with Gasteiger partial charge in [0.25, 0.3) is 0 Å². The van der Waals surface area contributed by atoms with Gasteiger partial charge < -0.3 is 0 Å². The molecule has 0 aliphatic heterocycles. The molecule has 1 aromatic heterocycles. The van der Waals surface area contributed by atoms with Gasteiger partial charge in [0, 0.05) is 5.56 Å². The van der Waals surface area contributed by atoms with Crippen molar-refractivity contribution >= 4 is 11.3 Å². The summed E-state index contributed by atoms with van der Waals surface area (Å²) in [5.74, 6) is 0. The third-order valence-electron chi connectivity index (χ3n) is 1.78. The summed E-state index contributed by atoms with van der Waals surface area (Å²) in [6.45, 7) is 0. The minimum absolute atomic E-state index is 0.764. The summed E-state index contributed by atoms with van der Waals surface area (Å²) < 4.78 is 0. The highest BCUT2D eigenvalue weighted by Gasteiger charge is 2.04. The van der Waals surface area contributed by atoms with E-state index in [0.29, 0.717) is 0 Å². The highest BCUT2D eigenvalue weighted by Crippen LogP contribution is 2.26. The lowest BCUT2D eigenvalue weighted by Crippen LogP contribution is -1.75. The molecule has 0 spiro atoms. The largest absolute Gasteiger partial charge is 0.192 e. The van der Waals surface area contributed by atoms with Gasteiger partial charge in [0.05, 0.1) is 0 Å². The molecule has 0 amide bonds. The Morgan fingerprint density at radius 3 is 3.00 bits per heavy atom. The predicted molar refractivity (Wildman–Crippen MR) is 53.3 cm³/mol. The van der Waals surface area contributed by atoms with Crippen LogP contribution >= 0.6 is 11.3 Å². The van der Waals surface area contributed by atoms with E-state index in [9.17, 15) is 0 Å². The monoisotopic (exact) mass is 184 g/mol. The topological polar surface area (TPSA) is 23.8 Å². The average Bonchev–Trinajstić information content (AvgIpc) is 2.67. The van der Waals surface area contributed by atoms with Crippen LogP contribution in [0.1, 0.15) is 4.88 Å². The zero-order valence-corrected chi connectivity index (χ0v) is 7.64. The van der Waals surface area contributed by atoms with Crippen molar-refractivity contribution < 1.29 is 0 Å². The van der Waals surface area contributed by atoms with Crippen molar-refractivity contribution in [3.05, 3.63) is 46.7 Å². The molecule has 1 nitrogen and oxygen atoms in total. The number of hydrogen-bond acceptors (Lipinski definition) is 2. The van der Waals surface area contributed by atoms with Gasteiger partial charge in [0.15, 0.2) is 0 Å². The molecular weight excluding hydrogens is 178 g/mol. The third-order valence-corrected chi connectivity index (χ3v) is 2.60. The summed E-state index contributed by atoms with van der Waals surface area (Å²) in [5, 5.41) is 10.8. The van der Waals surface area contributed by atoms with Crippen molar-refractivity contribution in [2.75, 3.05) is 0 Å². The van der Waals surface area contributed by atoms with E-state index in [1.165, 1.54) is 11.3 Å². The van der Waals surface area contributed by atoms with Gasteiger partial charge in [-0.2, -0.15) is 5.26 Å². The molecule has 13 heavy (non-hydrogen) atoms. The second-order valence-electron chi connectivity index (χ2n) is 2.57. The molecule has 2 heteroatoms. The first-order chi connectivity index (χ1) is 6.42. The Balaban J connectivity index is 2.54. The lowest BCUT2D eigenvalue weighted by Gasteiger charge is -1.96. The zero-order valence-electron chi connectivity index (χ0n) is 6.82. The smallest absolute Gasteiger partial charge is 0.112 e. The Bertz CT molecular complexity index is 437. The highest BCUT2D eigenvalue weighted by atomic mass is 32.1. The van der Waals surface area contributed by atoms with Crippen molar-refractivity contribution in [3.63, 3.8) is 0 Å². The van der Waals surface area contributed by atoms with Gasteiger partial charge in [-0.3, -0.25) is 0 Å². The van der Waals surface area contributed by atoms with Crippen LogP contribution in [-0.2, 0) is 0 Å². The highest BCUT2D eigenvalue weighted by molar-refractivity contribution is 7.11.